The molecule has 0 fully saturated rings. The van der Waals surface area contributed by atoms with E-state index in [1.807, 2.05) is 30.3 Å². The molecule has 1 aromatic rings. The molecule has 0 radical (unpaired) electrons. The molecule has 0 heterocycles. The number of carbonyl (C=O) groups is 2. The predicted octanol–water partition coefficient (Wildman–Crippen LogP) is 2.53. The number of hydrogen-bond donors (Lipinski definition) is 0. The highest BCUT2D eigenvalue weighted by molar-refractivity contribution is 5.80. The van der Waals surface area contributed by atoms with E-state index in [1.54, 1.807) is 6.92 Å². The minimum absolute atomic E-state index is 0.176. The maximum absolute atomic E-state index is 11.7. The Morgan fingerprint density at radius 3 is 2.47 bits per heavy atom. The first kappa shape index (κ1) is 13.4. The highest BCUT2D eigenvalue weighted by atomic mass is 16.5. The lowest BCUT2D eigenvalue weighted by Gasteiger charge is -2.10. The summed E-state index contributed by atoms with van der Waals surface area (Å²) in [4.78, 5) is 22.3. The fourth-order valence-electron chi connectivity index (χ4n) is 1.62. The summed E-state index contributed by atoms with van der Waals surface area (Å²) in [7, 11) is 0. The first-order valence-electron chi connectivity index (χ1n) is 5.81. The fraction of sp³-hybridized carbons (Fsp3) is 0.429. The van der Waals surface area contributed by atoms with Crippen molar-refractivity contribution in [2.75, 3.05) is 0 Å². The van der Waals surface area contributed by atoms with Crippen molar-refractivity contribution in [3.63, 3.8) is 0 Å². The Labute approximate surface area is 102 Å². The maximum Gasteiger partial charge on any atom is 0.302 e. The third kappa shape index (κ3) is 5.85. The van der Waals surface area contributed by atoms with Gasteiger partial charge in [0.1, 0.15) is 5.78 Å². The molecule has 0 amide bonds. The van der Waals surface area contributed by atoms with Crippen LogP contribution >= 0.6 is 0 Å². The molecule has 0 spiro atoms. The van der Waals surface area contributed by atoms with Gasteiger partial charge in [-0.3, -0.25) is 9.59 Å². The Balaban J connectivity index is 2.28. The normalized spacial score (nSPS) is 11.9. The van der Waals surface area contributed by atoms with Crippen LogP contribution in [0.3, 0.4) is 0 Å². The van der Waals surface area contributed by atoms with E-state index in [2.05, 4.69) is 0 Å². The number of ether oxygens (including phenoxy) is 1. The lowest BCUT2D eigenvalue weighted by Crippen LogP contribution is -2.14. The molecule has 0 aliphatic heterocycles. The number of ketones is 1. The Bertz CT molecular complexity index is 370. The van der Waals surface area contributed by atoms with Gasteiger partial charge in [0.15, 0.2) is 0 Å². The minimum atomic E-state index is -0.298. The number of hydrogen-bond acceptors (Lipinski definition) is 3. The number of Topliss-reactive ketones (excluding diaryl/α,β-unsaturated/α-hetero) is 1. The molecule has 1 unspecified atom stereocenters. The molecule has 0 aliphatic carbocycles. The number of carbonyl (C=O) groups excluding carboxylic acids is 2. The fourth-order valence-corrected chi connectivity index (χ4v) is 1.62. The molecule has 0 aromatic heterocycles. The van der Waals surface area contributed by atoms with Crippen LogP contribution in [0.4, 0.5) is 0 Å². The van der Waals surface area contributed by atoms with Crippen molar-refractivity contribution in [1.29, 1.82) is 0 Å². The molecule has 1 atom stereocenters. The molecule has 3 heteroatoms. The summed E-state index contributed by atoms with van der Waals surface area (Å²) in [6.45, 7) is 3.18. The van der Waals surface area contributed by atoms with E-state index in [1.165, 1.54) is 6.92 Å². The van der Waals surface area contributed by atoms with Gasteiger partial charge >= 0.3 is 5.97 Å². The average molecular weight is 234 g/mol. The second-order valence-electron chi connectivity index (χ2n) is 4.16. The van der Waals surface area contributed by atoms with Gasteiger partial charge in [-0.25, -0.2) is 0 Å². The van der Waals surface area contributed by atoms with E-state index >= 15 is 0 Å². The second-order valence-corrected chi connectivity index (χ2v) is 4.16. The van der Waals surface area contributed by atoms with Crippen molar-refractivity contribution < 1.29 is 14.3 Å². The number of rotatable bonds is 6. The number of benzene rings is 1. The van der Waals surface area contributed by atoms with Gasteiger partial charge in [-0.05, 0) is 18.9 Å². The zero-order valence-electron chi connectivity index (χ0n) is 10.3. The molecule has 1 rings (SSSR count). The van der Waals surface area contributed by atoms with E-state index in [4.69, 9.17) is 4.74 Å². The van der Waals surface area contributed by atoms with Crippen LogP contribution in [0.1, 0.15) is 32.3 Å². The van der Waals surface area contributed by atoms with Crippen LogP contribution in [-0.4, -0.2) is 17.9 Å². The van der Waals surface area contributed by atoms with Crippen molar-refractivity contribution in [2.45, 2.75) is 39.2 Å². The quantitative estimate of drug-likeness (QED) is 0.710. The Morgan fingerprint density at radius 1 is 1.24 bits per heavy atom. The topological polar surface area (TPSA) is 43.4 Å². The van der Waals surface area contributed by atoms with Gasteiger partial charge in [-0.2, -0.15) is 0 Å². The van der Waals surface area contributed by atoms with Gasteiger partial charge in [-0.1, -0.05) is 30.3 Å². The van der Waals surface area contributed by atoms with Crippen LogP contribution in [-0.2, 0) is 20.7 Å². The monoisotopic (exact) mass is 234 g/mol. The van der Waals surface area contributed by atoms with Crippen LogP contribution in [0.2, 0.25) is 0 Å². The molecule has 0 N–H and O–H groups in total. The van der Waals surface area contributed by atoms with Crippen molar-refractivity contribution in [2.24, 2.45) is 0 Å². The van der Waals surface area contributed by atoms with Gasteiger partial charge in [0.2, 0.25) is 0 Å². The van der Waals surface area contributed by atoms with Crippen LogP contribution in [0, 0.1) is 0 Å². The molecule has 0 saturated heterocycles. The largest absolute Gasteiger partial charge is 0.463 e. The van der Waals surface area contributed by atoms with Crippen molar-refractivity contribution >= 4 is 11.8 Å². The SMILES string of the molecule is CC(=O)OC(C)CCC(=O)Cc1ccccc1. The first-order valence-corrected chi connectivity index (χ1v) is 5.81. The second kappa shape index (κ2) is 6.84. The summed E-state index contributed by atoms with van der Waals surface area (Å²) < 4.78 is 4.96. The molecule has 0 aliphatic rings. The van der Waals surface area contributed by atoms with E-state index in [-0.39, 0.29) is 17.9 Å². The highest BCUT2D eigenvalue weighted by Crippen LogP contribution is 2.07. The molecule has 1 aromatic carbocycles. The summed E-state index contributed by atoms with van der Waals surface area (Å²) in [5, 5.41) is 0. The van der Waals surface area contributed by atoms with E-state index in [9.17, 15) is 9.59 Å². The van der Waals surface area contributed by atoms with E-state index in [0.717, 1.165) is 5.56 Å². The summed E-state index contributed by atoms with van der Waals surface area (Å²) >= 11 is 0. The Kier molecular flexibility index (Phi) is 5.40. The van der Waals surface area contributed by atoms with Gasteiger partial charge < -0.3 is 4.74 Å². The van der Waals surface area contributed by atoms with Crippen LogP contribution < -0.4 is 0 Å². The third-order valence-corrected chi connectivity index (χ3v) is 2.44. The molecule has 92 valence electrons. The molecule has 0 saturated carbocycles. The van der Waals surface area contributed by atoms with E-state index < -0.39 is 0 Å². The maximum atomic E-state index is 11.7. The minimum Gasteiger partial charge on any atom is -0.463 e. The van der Waals surface area contributed by atoms with Gasteiger partial charge in [-0.15, -0.1) is 0 Å². The molecule has 17 heavy (non-hydrogen) atoms. The zero-order chi connectivity index (χ0) is 12.7. The number of esters is 1. The molecular weight excluding hydrogens is 216 g/mol. The summed E-state index contributed by atoms with van der Waals surface area (Å²) in [5.41, 5.74) is 1.03. The lowest BCUT2D eigenvalue weighted by atomic mass is 10.0. The van der Waals surface area contributed by atoms with Crippen molar-refractivity contribution in [1.82, 2.24) is 0 Å². The van der Waals surface area contributed by atoms with Crippen molar-refractivity contribution in [3.05, 3.63) is 35.9 Å². The highest BCUT2D eigenvalue weighted by Gasteiger charge is 2.09. The summed E-state index contributed by atoms with van der Waals surface area (Å²) in [6.07, 6.45) is 1.30. The lowest BCUT2D eigenvalue weighted by molar-refractivity contribution is -0.146. The van der Waals surface area contributed by atoms with Gasteiger partial charge in [0, 0.05) is 19.8 Å². The predicted molar refractivity (Wildman–Crippen MR) is 65.6 cm³/mol. The molecule has 3 nitrogen and oxygen atoms in total. The average Bonchev–Trinajstić information content (AvgIpc) is 2.27. The molecular formula is C14H18O3. The van der Waals surface area contributed by atoms with E-state index in [0.29, 0.717) is 19.3 Å². The molecule has 0 bridgehead atoms. The smallest absolute Gasteiger partial charge is 0.302 e. The van der Waals surface area contributed by atoms with Gasteiger partial charge in [0.05, 0.1) is 6.10 Å². The van der Waals surface area contributed by atoms with Crippen LogP contribution in [0.25, 0.3) is 0 Å². The summed E-state index contributed by atoms with van der Waals surface area (Å²) in [6, 6.07) is 9.64. The van der Waals surface area contributed by atoms with Crippen molar-refractivity contribution in [3.8, 4) is 0 Å². The van der Waals surface area contributed by atoms with Gasteiger partial charge in [0.25, 0.3) is 0 Å². The summed E-state index contributed by atoms with van der Waals surface area (Å²) in [5.74, 6) is -0.122. The zero-order valence-corrected chi connectivity index (χ0v) is 10.3. The Morgan fingerprint density at radius 2 is 1.88 bits per heavy atom. The Hall–Kier alpha value is -1.64. The standard InChI is InChI=1S/C14H18O3/c1-11(17-12(2)15)8-9-14(16)10-13-6-4-3-5-7-13/h3-7,11H,8-10H2,1-2H3. The van der Waals surface area contributed by atoms with Crippen LogP contribution in [0.15, 0.2) is 30.3 Å². The van der Waals surface area contributed by atoms with Crippen LogP contribution in [0.5, 0.6) is 0 Å². The first-order chi connectivity index (χ1) is 8.08. The third-order valence-electron chi connectivity index (χ3n) is 2.44.